The number of rotatable bonds is 9. The zero-order valence-corrected chi connectivity index (χ0v) is 50.8. The van der Waals surface area contributed by atoms with E-state index in [1.165, 1.54) is 76.7 Å². The molecule has 7 heterocycles. The fourth-order valence-electron chi connectivity index (χ4n) is 14.1. The van der Waals surface area contributed by atoms with Gasteiger partial charge in [0.05, 0.1) is 56.5 Å². The molecule has 9 nitrogen and oxygen atoms in total. The maximum Gasteiger partial charge on any atom is 0.238 e. The minimum Gasteiger partial charge on any atom is -0.309 e. The molecule has 0 unspecified atom stereocenters. The predicted octanol–water partition coefficient (Wildman–Crippen LogP) is 21.1. The monoisotopic (exact) mass is 1200 g/mol. The van der Waals surface area contributed by atoms with E-state index in [9.17, 15) is 0 Å². The second-order valence-electron chi connectivity index (χ2n) is 23.6. The van der Waals surface area contributed by atoms with Crippen LogP contribution in [0.25, 0.3) is 166 Å². The highest BCUT2D eigenvalue weighted by molar-refractivity contribution is 6.19. The number of para-hydroxylation sites is 4. The summed E-state index contributed by atoms with van der Waals surface area (Å²) in [6.45, 7) is 0. The minimum absolute atomic E-state index is 0.581. The van der Waals surface area contributed by atoms with Gasteiger partial charge in [0.25, 0.3) is 0 Å². The van der Waals surface area contributed by atoms with E-state index in [1.807, 2.05) is 85.5 Å². The molecular weight excluding hydrogens is 1150 g/mol. The maximum absolute atomic E-state index is 5.09. The van der Waals surface area contributed by atoms with Crippen molar-refractivity contribution in [3.63, 3.8) is 0 Å². The van der Waals surface area contributed by atoms with Gasteiger partial charge >= 0.3 is 0 Å². The number of fused-ring (bicyclic) bond motifs is 12. The minimum atomic E-state index is 0.581. The Balaban J connectivity index is 0.000000139. The van der Waals surface area contributed by atoms with Crippen LogP contribution in [-0.4, -0.2) is 43.2 Å². The molecule has 0 aliphatic rings. The molecule has 0 aliphatic carbocycles. The van der Waals surface area contributed by atoms with Gasteiger partial charge in [0.15, 0.2) is 11.6 Å². The molecule has 0 radical (unpaired) electrons. The maximum atomic E-state index is 5.09. The summed E-state index contributed by atoms with van der Waals surface area (Å²) in [6.07, 6.45) is 7.72. The van der Waals surface area contributed by atoms with Gasteiger partial charge in [-0.05, 0) is 130 Å². The van der Waals surface area contributed by atoms with Crippen LogP contribution in [0.4, 0.5) is 0 Å². The molecule has 12 aromatic carbocycles. The number of pyridine rings is 2. The SMILES string of the molecule is c1ccc(-c2ccc(-n3c4ccccc4c4cc(-c5cccc6c5c5ccncc5n6-c5ccccc5)ccc43)cc2)cc1.c1ccc(-c2nc(-c3ccccc3)nc(-n3c4ccccc4c4cc(-c5cccc6c5c5ccncc5n6-c5ccccc5)ccc43)n2)cc1. The van der Waals surface area contributed by atoms with E-state index in [4.69, 9.17) is 15.0 Å². The van der Waals surface area contributed by atoms with E-state index in [-0.39, 0.29) is 0 Å². The van der Waals surface area contributed by atoms with Gasteiger partial charge in [-0.2, -0.15) is 9.97 Å². The normalized spacial score (nSPS) is 11.6. The molecule has 0 amide bonds. The fraction of sp³-hybridized carbons (Fsp3) is 0. The molecule has 9 heteroatoms. The van der Waals surface area contributed by atoms with Crippen molar-refractivity contribution in [1.82, 2.24) is 43.2 Å². The molecule has 0 bridgehead atoms. The summed E-state index contributed by atoms with van der Waals surface area (Å²) in [7, 11) is 0. The highest BCUT2D eigenvalue weighted by atomic mass is 15.2. The summed E-state index contributed by atoms with van der Waals surface area (Å²) in [5.74, 6) is 1.85. The molecule has 19 rings (SSSR count). The van der Waals surface area contributed by atoms with Crippen LogP contribution in [0, 0.1) is 0 Å². The second kappa shape index (κ2) is 22.6. The number of hydrogen-bond donors (Lipinski definition) is 0. The van der Waals surface area contributed by atoms with Gasteiger partial charge in [-0.25, -0.2) is 4.98 Å². The lowest BCUT2D eigenvalue weighted by molar-refractivity contribution is 0.953. The standard InChI is InChI=1S/C44H28N6.C41H27N3/c1-4-13-29(14-5-1)42-46-43(30-15-6-2-7-16-30)48-44(47-42)50-37-21-11-10-19-34(37)36-27-31(23-24-38(36)50)33-20-12-22-39-41(33)35-25-26-45-28-40(35)49(39)32-17-8-3-9-18-32;1-3-10-28(11-4-1)29-18-21-32(22-19-29)43-37-16-8-7-14-34(37)36-26-30(20-23-38(36)43)33-15-9-17-39-41(33)35-24-25-42-27-40(35)44(39)31-12-5-2-6-13-31/h1-28H;1-27H. The summed E-state index contributed by atoms with van der Waals surface area (Å²) < 4.78 is 9.19. The molecule has 19 aromatic rings. The highest BCUT2D eigenvalue weighted by Gasteiger charge is 2.23. The zero-order chi connectivity index (χ0) is 62.1. The van der Waals surface area contributed by atoms with Crippen LogP contribution in [0.1, 0.15) is 0 Å². The van der Waals surface area contributed by atoms with Crippen LogP contribution >= 0.6 is 0 Å². The van der Waals surface area contributed by atoms with Crippen molar-refractivity contribution < 1.29 is 0 Å². The second-order valence-corrected chi connectivity index (χ2v) is 23.6. The van der Waals surface area contributed by atoms with Crippen molar-refractivity contribution in [2.75, 3.05) is 0 Å². The van der Waals surface area contributed by atoms with Crippen molar-refractivity contribution >= 4 is 87.2 Å². The van der Waals surface area contributed by atoms with Crippen LogP contribution in [-0.2, 0) is 0 Å². The number of hydrogen-bond acceptors (Lipinski definition) is 5. The Hall–Kier alpha value is -12.9. The van der Waals surface area contributed by atoms with Crippen molar-refractivity contribution in [2.24, 2.45) is 0 Å². The Kier molecular flexibility index (Phi) is 13.0. The summed E-state index contributed by atoms with van der Waals surface area (Å²) in [6, 6.07) is 109. The summed E-state index contributed by atoms with van der Waals surface area (Å²) in [5.41, 5.74) is 21.4. The molecule has 0 aliphatic heterocycles. The van der Waals surface area contributed by atoms with Crippen LogP contribution in [0.5, 0.6) is 0 Å². The van der Waals surface area contributed by atoms with E-state index in [1.54, 1.807) is 0 Å². The fourth-order valence-corrected chi connectivity index (χ4v) is 14.1. The molecule has 0 atom stereocenters. The molecule has 0 saturated carbocycles. The average Bonchev–Trinajstić information content (AvgIpc) is 1.60. The van der Waals surface area contributed by atoms with E-state index < -0.39 is 0 Å². The quantitative estimate of drug-likeness (QED) is 0.144. The molecular formula is C85H55N9. The largest absolute Gasteiger partial charge is 0.309 e. The molecule has 0 N–H and O–H groups in total. The first-order valence-electron chi connectivity index (χ1n) is 31.6. The highest BCUT2D eigenvalue weighted by Crippen LogP contribution is 2.44. The van der Waals surface area contributed by atoms with Crippen LogP contribution < -0.4 is 0 Å². The van der Waals surface area contributed by atoms with E-state index in [2.05, 4.69) is 277 Å². The lowest BCUT2D eigenvalue weighted by Crippen LogP contribution is -2.06. The van der Waals surface area contributed by atoms with Gasteiger partial charge in [-0.1, -0.05) is 212 Å². The summed E-state index contributed by atoms with van der Waals surface area (Å²) in [5, 5.41) is 9.58. The van der Waals surface area contributed by atoms with Crippen molar-refractivity contribution in [3.8, 4) is 79.2 Å². The van der Waals surface area contributed by atoms with Gasteiger partial charge in [0, 0.05) is 83.7 Å². The third-order valence-corrected chi connectivity index (χ3v) is 18.3. The topological polar surface area (TPSA) is 84.2 Å². The number of benzene rings is 12. The van der Waals surface area contributed by atoms with E-state index in [0.29, 0.717) is 17.6 Å². The first-order valence-corrected chi connectivity index (χ1v) is 31.6. The molecule has 7 aromatic heterocycles. The van der Waals surface area contributed by atoms with Gasteiger partial charge in [-0.3, -0.25) is 14.5 Å². The Labute approximate surface area is 540 Å². The lowest BCUT2D eigenvalue weighted by Gasteiger charge is -2.11. The number of nitrogens with zero attached hydrogens (tertiary/aromatic N) is 9. The van der Waals surface area contributed by atoms with Crippen LogP contribution in [0.2, 0.25) is 0 Å². The summed E-state index contributed by atoms with van der Waals surface area (Å²) >= 11 is 0. The molecule has 0 fully saturated rings. The average molecular weight is 1200 g/mol. The third-order valence-electron chi connectivity index (χ3n) is 18.3. The van der Waals surface area contributed by atoms with Gasteiger partial charge in [0.2, 0.25) is 5.95 Å². The van der Waals surface area contributed by atoms with Crippen molar-refractivity contribution in [3.05, 3.63) is 334 Å². The Morgan fingerprint density at radius 2 is 0.574 bits per heavy atom. The Morgan fingerprint density at radius 1 is 0.213 bits per heavy atom. The third kappa shape index (κ3) is 9.05. The first-order chi connectivity index (χ1) is 46.7. The number of aromatic nitrogens is 9. The molecule has 0 spiro atoms. The van der Waals surface area contributed by atoms with Crippen LogP contribution in [0.3, 0.4) is 0 Å². The zero-order valence-electron chi connectivity index (χ0n) is 50.8. The van der Waals surface area contributed by atoms with Gasteiger partial charge in [-0.15, -0.1) is 0 Å². The van der Waals surface area contributed by atoms with Gasteiger partial charge < -0.3 is 13.7 Å². The molecule has 440 valence electrons. The molecule has 94 heavy (non-hydrogen) atoms. The van der Waals surface area contributed by atoms with Crippen LogP contribution in [0.15, 0.2) is 334 Å². The van der Waals surface area contributed by atoms with Crippen molar-refractivity contribution in [2.45, 2.75) is 0 Å². The smallest absolute Gasteiger partial charge is 0.238 e. The first kappa shape index (κ1) is 54.1. The predicted molar refractivity (Wildman–Crippen MR) is 386 cm³/mol. The van der Waals surface area contributed by atoms with E-state index in [0.717, 1.165) is 72.1 Å². The Morgan fingerprint density at radius 3 is 1.06 bits per heavy atom. The summed E-state index contributed by atoms with van der Waals surface area (Å²) in [4.78, 5) is 24.1. The van der Waals surface area contributed by atoms with Crippen molar-refractivity contribution in [1.29, 1.82) is 0 Å². The molecule has 0 saturated heterocycles. The Bertz CT molecular complexity index is 6020. The van der Waals surface area contributed by atoms with E-state index >= 15 is 0 Å². The van der Waals surface area contributed by atoms with Gasteiger partial charge in [0.1, 0.15) is 0 Å². The lowest BCUT2D eigenvalue weighted by atomic mass is 9.98.